The highest BCUT2D eigenvalue weighted by Gasteiger charge is 2.28. The van der Waals surface area contributed by atoms with E-state index in [9.17, 15) is 4.79 Å². The summed E-state index contributed by atoms with van der Waals surface area (Å²) in [5, 5.41) is 0. The Morgan fingerprint density at radius 2 is 2.29 bits per heavy atom. The van der Waals surface area contributed by atoms with Gasteiger partial charge in [0.1, 0.15) is 0 Å². The number of carbonyl (C=O) groups is 1. The molecule has 1 aliphatic carbocycles. The zero-order chi connectivity index (χ0) is 11.8. The van der Waals surface area contributed by atoms with Crippen molar-refractivity contribution in [1.29, 1.82) is 0 Å². The second-order valence-corrected chi connectivity index (χ2v) is 4.13. The van der Waals surface area contributed by atoms with E-state index in [1.54, 1.807) is 18.5 Å². The van der Waals surface area contributed by atoms with Gasteiger partial charge in [-0.05, 0) is 12.1 Å². The normalized spacial score (nSPS) is 19.1. The summed E-state index contributed by atoms with van der Waals surface area (Å²) in [6.45, 7) is 0. The van der Waals surface area contributed by atoms with Crippen LogP contribution in [0.4, 0.5) is 0 Å². The fourth-order valence-corrected chi connectivity index (χ4v) is 1.97. The fraction of sp³-hybridized carbons (Fsp3) is 0.250. The van der Waals surface area contributed by atoms with Crippen LogP contribution in [-0.4, -0.2) is 21.8 Å². The van der Waals surface area contributed by atoms with E-state index in [2.05, 4.69) is 9.97 Å². The van der Waals surface area contributed by atoms with Crippen LogP contribution in [0.25, 0.3) is 11.5 Å². The molecule has 1 unspecified atom stereocenters. The van der Waals surface area contributed by atoms with Gasteiger partial charge in [-0.2, -0.15) is 0 Å². The van der Waals surface area contributed by atoms with Crippen molar-refractivity contribution < 1.29 is 9.21 Å². The number of aromatic nitrogens is 2. The molecule has 86 valence electrons. The molecule has 0 saturated heterocycles. The lowest BCUT2D eigenvalue weighted by atomic mass is 9.97. The molecule has 0 saturated carbocycles. The maximum absolute atomic E-state index is 11.7. The molecule has 17 heavy (non-hydrogen) atoms. The summed E-state index contributed by atoms with van der Waals surface area (Å²) in [4.78, 5) is 20.0. The SMILES string of the molecule is NC1CC(=O)c2oc(-c3cccnc3)nc2C1. The van der Waals surface area contributed by atoms with Gasteiger partial charge in [-0.3, -0.25) is 9.78 Å². The van der Waals surface area contributed by atoms with Crippen molar-refractivity contribution in [2.24, 2.45) is 5.73 Å². The minimum Gasteiger partial charge on any atom is -0.433 e. The zero-order valence-electron chi connectivity index (χ0n) is 9.09. The molecule has 1 aliphatic rings. The molecule has 0 aromatic carbocycles. The topological polar surface area (TPSA) is 82.0 Å². The summed E-state index contributed by atoms with van der Waals surface area (Å²) in [6, 6.07) is 3.49. The minimum atomic E-state index is -0.151. The van der Waals surface area contributed by atoms with Crippen molar-refractivity contribution in [3.05, 3.63) is 36.0 Å². The quantitative estimate of drug-likeness (QED) is 0.794. The molecule has 0 fully saturated rings. The molecule has 2 N–H and O–H groups in total. The van der Waals surface area contributed by atoms with Crippen LogP contribution in [-0.2, 0) is 6.42 Å². The Hall–Kier alpha value is -2.01. The molecule has 2 heterocycles. The van der Waals surface area contributed by atoms with E-state index in [4.69, 9.17) is 10.2 Å². The van der Waals surface area contributed by atoms with Crippen LogP contribution in [0.1, 0.15) is 22.7 Å². The predicted molar refractivity (Wildman–Crippen MR) is 60.4 cm³/mol. The first kappa shape index (κ1) is 10.2. The van der Waals surface area contributed by atoms with Crippen LogP contribution < -0.4 is 5.73 Å². The zero-order valence-corrected chi connectivity index (χ0v) is 9.09. The van der Waals surface area contributed by atoms with Crippen LogP contribution in [0.3, 0.4) is 0 Å². The van der Waals surface area contributed by atoms with E-state index < -0.39 is 0 Å². The lowest BCUT2D eigenvalue weighted by Crippen LogP contribution is -2.31. The van der Waals surface area contributed by atoms with Gasteiger partial charge in [-0.1, -0.05) is 0 Å². The van der Waals surface area contributed by atoms with E-state index in [0.717, 1.165) is 5.56 Å². The number of nitrogens with two attached hydrogens (primary N) is 1. The smallest absolute Gasteiger partial charge is 0.228 e. The number of hydrogen-bond acceptors (Lipinski definition) is 5. The minimum absolute atomic E-state index is 0.0682. The van der Waals surface area contributed by atoms with Gasteiger partial charge in [-0.25, -0.2) is 4.98 Å². The first-order chi connectivity index (χ1) is 8.24. The molecule has 0 radical (unpaired) electrons. The maximum atomic E-state index is 11.7. The van der Waals surface area contributed by atoms with Crippen LogP contribution in [0.2, 0.25) is 0 Å². The Morgan fingerprint density at radius 3 is 3.06 bits per heavy atom. The Bertz CT molecular complexity index is 562. The highest BCUT2D eigenvalue weighted by Crippen LogP contribution is 2.26. The van der Waals surface area contributed by atoms with Crippen molar-refractivity contribution >= 4 is 5.78 Å². The maximum Gasteiger partial charge on any atom is 0.228 e. The summed E-state index contributed by atoms with van der Waals surface area (Å²) in [7, 11) is 0. The van der Waals surface area contributed by atoms with Crippen LogP contribution in [0.15, 0.2) is 28.9 Å². The monoisotopic (exact) mass is 229 g/mol. The largest absolute Gasteiger partial charge is 0.433 e. The van der Waals surface area contributed by atoms with Crippen LogP contribution in [0.5, 0.6) is 0 Å². The molecule has 0 bridgehead atoms. The molecule has 3 rings (SSSR count). The summed E-state index contributed by atoms with van der Waals surface area (Å²) in [6.07, 6.45) is 4.24. The first-order valence-corrected chi connectivity index (χ1v) is 5.43. The molecule has 5 nitrogen and oxygen atoms in total. The Kier molecular flexibility index (Phi) is 2.26. The standard InChI is InChI=1S/C12H11N3O2/c13-8-4-9-11(10(16)5-8)17-12(15-9)7-2-1-3-14-6-7/h1-3,6,8H,4-5,13H2. The van der Waals surface area contributed by atoms with Crippen molar-refractivity contribution in [3.8, 4) is 11.5 Å². The summed E-state index contributed by atoms with van der Waals surface area (Å²) >= 11 is 0. The number of carbonyl (C=O) groups excluding carboxylic acids is 1. The van der Waals surface area contributed by atoms with Gasteiger partial charge in [0.05, 0.1) is 11.3 Å². The number of hydrogen-bond donors (Lipinski definition) is 1. The average Bonchev–Trinajstić information content (AvgIpc) is 2.74. The number of oxazole rings is 1. The van der Waals surface area contributed by atoms with E-state index in [0.29, 0.717) is 30.2 Å². The van der Waals surface area contributed by atoms with Gasteiger partial charge < -0.3 is 10.2 Å². The lowest BCUT2D eigenvalue weighted by molar-refractivity contribution is 0.0937. The Morgan fingerprint density at radius 1 is 1.41 bits per heavy atom. The molecule has 5 heteroatoms. The first-order valence-electron chi connectivity index (χ1n) is 5.43. The van der Waals surface area contributed by atoms with Gasteiger partial charge >= 0.3 is 0 Å². The second kappa shape index (κ2) is 3.78. The van der Waals surface area contributed by atoms with E-state index >= 15 is 0 Å². The van der Waals surface area contributed by atoms with Crippen LogP contribution >= 0.6 is 0 Å². The predicted octanol–water partition coefficient (Wildman–Crippen LogP) is 1.19. The molecule has 0 aliphatic heterocycles. The summed E-state index contributed by atoms with van der Waals surface area (Å²) < 4.78 is 5.50. The number of Topliss-reactive ketones (excluding diaryl/α,β-unsaturated/α-hetero) is 1. The molecule has 1 atom stereocenters. The van der Waals surface area contributed by atoms with Crippen molar-refractivity contribution in [1.82, 2.24) is 9.97 Å². The number of ketones is 1. The Balaban J connectivity index is 2.06. The number of pyridine rings is 1. The van der Waals surface area contributed by atoms with Gasteiger partial charge in [-0.15, -0.1) is 0 Å². The van der Waals surface area contributed by atoms with E-state index in [-0.39, 0.29) is 11.8 Å². The summed E-state index contributed by atoms with van der Waals surface area (Å²) in [5.41, 5.74) is 7.20. The molecule has 0 amide bonds. The third-order valence-electron chi connectivity index (χ3n) is 2.76. The molecule has 2 aromatic heterocycles. The number of nitrogens with zero attached hydrogens (tertiary/aromatic N) is 2. The van der Waals surface area contributed by atoms with Gasteiger partial charge in [0.2, 0.25) is 11.7 Å². The van der Waals surface area contributed by atoms with Crippen molar-refractivity contribution in [3.63, 3.8) is 0 Å². The van der Waals surface area contributed by atoms with E-state index in [1.165, 1.54) is 0 Å². The van der Waals surface area contributed by atoms with E-state index in [1.807, 2.05) is 6.07 Å². The fourth-order valence-electron chi connectivity index (χ4n) is 1.97. The second-order valence-electron chi connectivity index (χ2n) is 4.13. The molecule has 0 spiro atoms. The lowest BCUT2D eigenvalue weighted by Gasteiger charge is -2.13. The van der Waals surface area contributed by atoms with Gasteiger partial charge in [0, 0.05) is 31.3 Å². The van der Waals surface area contributed by atoms with Crippen molar-refractivity contribution in [2.75, 3.05) is 0 Å². The highest BCUT2D eigenvalue weighted by molar-refractivity contribution is 5.96. The molecular weight excluding hydrogens is 218 g/mol. The summed E-state index contributed by atoms with van der Waals surface area (Å²) in [5.74, 6) is 0.720. The average molecular weight is 229 g/mol. The third kappa shape index (κ3) is 1.74. The van der Waals surface area contributed by atoms with Crippen LogP contribution in [0, 0.1) is 0 Å². The van der Waals surface area contributed by atoms with Gasteiger partial charge in [0.25, 0.3) is 0 Å². The third-order valence-corrected chi connectivity index (χ3v) is 2.76. The highest BCUT2D eigenvalue weighted by atomic mass is 16.4. The molecular formula is C12H11N3O2. The number of rotatable bonds is 1. The van der Waals surface area contributed by atoms with Crippen molar-refractivity contribution in [2.45, 2.75) is 18.9 Å². The number of fused-ring (bicyclic) bond motifs is 1. The van der Waals surface area contributed by atoms with Gasteiger partial charge in [0.15, 0.2) is 5.76 Å². The molecule has 2 aromatic rings. The Labute approximate surface area is 97.7 Å².